The maximum absolute atomic E-state index is 11.0. The fourth-order valence-corrected chi connectivity index (χ4v) is 2.10. The quantitative estimate of drug-likeness (QED) is 0.674. The van der Waals surface area contributed by atoms with Gasteiger partial charge >= 0.3 is 5.97 Å². The number of aromatic hydroxyl groups is 1. The zero-order valence-corrected chi connectivity index (χ0v) is 8.18. The molecule has 0 aliphatic carbocycles. The van der Waals surface area contributed by atoms with Crippen molar-refractivity contribution < 1.29 is 15.0 Å². The topological polar surface area (TPSA) is 69.6 Å². The van der Waals surface area contributed by atoms with Crippen LogP contribution in [0.5, 0.6) is 5.75 Å². The Morgan fingerprint density at radius 1 is 1.40 bits per heavy atom. The highest BCUT2D eigenvalue weighted by molar-refractivity contribution is 5.75. The van der Waals surface area contributed by atoms with Gasteiger partial charge in [-0.25, -0.2) is 0 Å². The molecule has 0 aromatic heterocycles. The summed E-state index contributed by atoms with van der Waals surface area (Å²) in [5.74, 6) is -0.818. The van der Waals surface area contributed by atoms with Gasteiger partial charge in [-0.1, -0.05) is 18.2 Å². The summed E-state index contributed by atoms with van der Waals surface area (Å²) < 4.78 is 0. The van der Waals surface area contributed by atoms with Crippen LogP contribution in [0.4, 0.5) is 0 Å². The molecule has 0 saturated carbocycles. The lowest BCUT2D eigenvalue weighted by molar-refractivity contribution is -0.139. The minimum Gasteiger partial charge on any atom is -0.508 e. The summed E-state index contributed by atoms with van der Waals surface area (Å²) in [6.07, 6.45) is 0.745. The fraction of sp³-hybridized carbons (Fsp3) is 0.364. The van der Waals surface area contributed by atoms with Crippen LogP contribution in [0.2, 0.25) is 0 Å². The molecule has 4 heteroatoms. The number of nitrogens with one attached hydrogen (secondary N) is 1. The average Bonchev–Trinajstić information content (AvgIpc) is 2.67. The Morgan fingerprint density at radius 2 is 2.13 bits per heavy atom. The van der Waals surface area contributed by atoms with Crippen LogP contribution < -0.4 is 5.32 Å². The molecular formula is C11H13NO3. The number of rotatable bonds is 2. The van der Waals surface area contributed by atoms with E-state index in [1.54, 1.807) is 18.2 Å². The second-order valence-corrected chi connectivity index (χ2v) is 3.72. The number of benzene rings is 1. The van der Waals surface area contributed by atoms with Gasteiger partial charge in [-0.05, 0) is 24.6 Å². The Labute approximate surface area is 87.6 Å². The molecule has 0 bridgehead atoms. The first-order valence-electron chi connectivity index (χ1n) is 4.94. The summed E-state index contributed by atoms with van der Waals surface area (Å²) in [7, 11) is 0. The number of para-hydroxylation sites is 1. The van der Waals surface area contributed by atoms with Gasteiger partial charge in [0.1, 0.15) is 11.8 Å². The second kappa shape index (κ2) is 3.90. The fourth-order valence-electron chi connectivity index (χ4n) is 2.10. The minimum atomic E-state index is -0.860. The lowest BCUT2D eigenvalue weighted by atomic mass is 9.91. The Hall–Kier alpha value is -1.55. The monoisotopic (exact) mass is 207 g/mol. The van der Waals surface area contributed by atoms with E-state index in [1.165, 1.54) is 0 Å². The Balaban J connectivity index is 2.30. The third-order valence-electron chi connectivity index (χ3n) is 2.82. The van der Waals surface area contributed by atoms with Crippen molar-refractivity contribution in [2.75, 3.05) is 6.54 Å². The van der Waals surface area contributed by atoms with Crippen molar-refractivity contribution in [3.8, 4) is 5.75 Å². The predicted octanol–water partition coefficient (Wildman–Crippen LogP) is 0.922. The maximum atomic E-state index is 11.0. The molecule has 2 unspecified atom stereocenters. The van der Waals surface area contributed by atoms with Crippen LogP contribution in [-0.4, -0.2) is 28.8 Å². The molecule has 1 aliphatic heterocycles. The zero-order valence-electron chi connectivity index (χ0n) is 8.18. The van der Waals surface area contributed by atoms with E-state index in [2.05, 4.69) is 5.32 Å². The van der Waals surface area contributed by atoms with Crippen molar-refractivity contribution in [2.24, 2.45) is 0 Å². The molecule has 1 aromatic rings. The van der Waals surface area contributed by atoms with Gasteiger partial charge in [0.15, 0.2) is 0 Å². The van der Waals surface area contributed by atoms with Gasteiger partial charge in [-0.15, -0.1) is 0 Å². The lowest BCUT2D eigenvalue weighted by Crippen LogP contribution is -2.34. The van der Waals surface area contributed by atoms with Crippen molar-refractivity contribution in [3.63, 3.8) is 0 Å². The summed E-state index contributed by atoms with van der Waals surface area (Å²) in [5.41, 5.74) is 0.718. The van der Waals surface area contributed by atoms with E-state index >= 15 is 0 Å². The molecule has 0 radical (unpaired) electrons. The second-order valence-electron chi connectivity index (χ2n) is 3.72. The van der Waals surface area contributed by atoms with Crippen LogP contribution in [0.3, 0.4) is 0 Å². The molecule has 4 nitrogen and oxygen atoms in total. The van der Waals surface area contributed by atoms with Gasteiger partial charge in [0.05, 0.1) is 0 Å². The highest BCUT2D eigenvalue weighted by Crippen LogP contribution is 2.33. The smallest absolute Gasteiger partial charge is 0.321 e. The lowest BCUT2D eigenvalue weighted by Gasteiger charge is -2.16. The molecule has 3 N–H and O–H groups in total. The number of carboxylic acids is 1. The van der Waals surface area contributed by atoms with Gasteiger partial charge in [-0.3, -0.25) is 4.79 Å². The van der Waals surface area contributed by atoms with Gasteiger partial charge < -0.3 is 15.5 Å². The van der Waals surface area contributed by atoms with E-state index in [9.17, 15) is 9.90 Å². The maximum Gasteiger partial charge on any atom is 0.321 e. The number of hydrogen-bond acceptors (Lipinski definition) is 3. The number of phenolic OH excluding ortho intramolecular Hbond substituents is 1. The first kappa shape index (κ1) is 9.98. The largest absolute Gasteiger partial charge is 0.508 e. The molecule has 2 rings (SSSR count). The predicted molar refractivity (Wildman–Crippen MR) is 54.9 cm³/mol. The summed E-state index contributed by atoms with van der Waals surface area (Å²) in [6, 6.07) is 6.33. The zero-order chi connectivity index (χ0) is 10.8. The molecule has 2 atom stereocenters. The van der Waals surface area contributed by atoms with E-state index < -0.39 is 12.0 Å². The molecule has 0 spiro atoms. The molecule has 1 aromatic carbocycles. The molecule has 0 amide bonds. The molecular weight excluding hydrogens is 194 g/mol. The van der Waals surface area contributed by atoms with Crippen molar-refractivity contribution in [3.05, 3.63) is 29.8 Å². The van der Waals surface area contributed by atoms with Crippen LogP contribution in [0.1, 0.15) is 17.9 Å². The van der Waals surface area contributed by atoms with Gasteiger partial charge in [-0.2, -0.15) is 0 Å². The number of hydrogen-bond donors (Lipinski definition) is 3. The first-order chi connectivity index (χ1) is 7.20. The summed E-state index contributed by atoms with van der Waals surface area (Å²) in [6.45, 7) is 0.677. The van der Waals surface area contributed by atoms with Crippen LogP contribution in [-0.2, 0) is 4.79 Å². The Bertz CT molecular complexity index is 378. The summed E-state index contributed by atoms with van der Waals surface area (Å²) in [5, 5.41) is 21.6. The molecule has 15 heavy (non-hydrogen) atoms. The van der Waals surface area contributed by atoms with E-state index in [4.69, 9.17) is 5.11 Å². The van der Waals surface area contributed by atoms with Crippen molar-refractivity contribution in [1.29, 1.82) is 0 Å². The number of carbonyl (C=O) groups is 1. The average molecular weight is 207 g/mol. The third-order valence-corrected chi connectivity index (χ3v) is 2.82. The SMILES string of the molecule is O=C(O)C1NCCC1c1ccccc1O. The summed E-state index contributed by atoms with van der Waals surface area (Å²) in [4.78, 5) is 11.0. The minimum absolute atomic E-state index is 0.135. The standard InChI is InChI=1S/C11H13NO3/c13-9-4-2-1-3-7(9)8-5-6-12-10(8)11(14)15/h1-4,8,10,12-13H,5-6H2,(H,14,15). The normalized spacial score (nSPS) is 25.3. The van der Waals surface area contributed by atoms with Crippen molar-refractivity contribution in [1.82, 2.24) is 5.32 Å². The number of carboxylic acid groups (broad SMARTS) is 1. The molecule has 1 fully saturated rings. The first-order valence-corrected chi connectivity index (χ1v) is 4.94. The highest BCUT2D eigenvalue weighted by Gasteiger charge is 2.34. The van der Waals surface area contributed by atoms with Gasteiger partial charge in [0.25, 0.3) is 0 Å². The Kier molecular flexibility index (Phi) is 2.60. The van der Waals surface area contributed by atoms with E-state index in [0.717, 1.165) is 12.0 Å². The molecule has 1 aliphatic rings. The van der Waals surface area contributed by atoms with Crippen molar-refractivity contribution in [2.45, 2.75) is 18.4 Å². The van der Waals surface area contributed by atoms with E-state index in [0.29, 0.717) is 6.54 Å². The van der Waals surface area contributed by atoms with E-state index in [1.807, 2.05) is 6.07 Å². The van der Waals surface area contributed by atoms with Crippen LogP contribution in [0, 0.1) is 0 Å². The van der Waals surface area contributed by atoms with Crippen molar-refractivity contribution >= 4 is 5.97 Å². The van der Waals surface area contributed by atoms with Gasteiger partial charge in [0.2, 0.25) is 0 Å². The van der Waals surface area contributed by atoms with Crippen LogP contribution in [0.15, 0.2) is 24.3 Å². The highest BCUT2D eigenvalue weighted by atomic mass is 16.4. The molecule has 1 heterocycles. The molecule has 1 saturated heterocycles. The Morgan fingerprint density at radius 3 is 2.80 bits per heavy atom. The van der Waals surface area contributed by atoms with Crippen LogP contribution >= 0.6 is 0 Å². The van der Waals surface area contributed by atoms with E-state index in [-0.39, 0.29) is 11.7 Å². The van der Waals surface area contributed by atoms with Crippen LogP contribution in [0.25, 0.3) is 0 Å². The number of phenols is 1. The molecule has 80 valence electrons. The summed E-state index contributed by atoms with van der Waals surface area (Å²) >= 11 is 0. The van der Waals surface area contributed by atoms with Gasteiger partial charge in [0, 0.05) is 5.92 Å². The third kappa shape index (κ3) is 1.80. The number of aliphatic carboxylic acids is 1.